The van der Waals surface area contributed by atoms with Gasteiger partial charge in [0.1, 0.15) is 0 Å². The van der Waals surface area contributed by atoms with Crippen molar-refractivity contribution in [2.45, 2.75) is 13.0 Å². The van der Waals surface area contributed by atoms with Crippen LogP contribution in [0.3, 0.4) is 0 Å². The minimum atomic E-state index is -0.437. The van der Waals surface area contributed by atoms with E-state index in [0.717, 1.165) is 11.2 Å². The van der Waals surface area contributed by atoms with Crippen LogP contribution in [0.5, 0.6) is 0 Å². The third-order valence-corrected chi connectivity index (χ3v) is 4.12. The summed E-state index contributed by atoms with van der Waals surface area (Å²) in [6.45, 7) is 0.299. The summed E-state index contributed by atoms with van der Waals surface area (Å²) >= 11 is 0. The Morgan fingerprint density at radius 3 is 2.59 bits per heavy atom. The molecule has 0 radical (unpaired) electrons. The van der Waals surface area contributed by atoms with Gasteiger partial charge in [-0.25, -0.2) is 4.98 Å². The van der Waals surface area contributed by atoms with Crippen LogP contribution >= 0.6 is 0 Å². The van der Waals surface area contributed by atoms with E-state index in [2.05, 4.69) is 15.6 Å². The van der Waals surface area contributed by atoms with Gasteiger partial charge in [0.25, 0.3) is 5.91 Å². The van der Waals surface area contributed by atoms with Crippen LogP contribution in [0.2, 0.25) is 0 Å². The molecule has 3 aromatic rings. The van der Waals surface area contributed by atoms with Crippen LogP contribution in [0, 0.1) is 11.3 Å². The van der Waals surface area contributed by atoms with Crippen molar-refractivity contribution in [3.05, 3.63) is 53.6 Å². The van der Waals surface area contributed by atoms with Gasteiger partial charge in [0.2, 0.25) is 11.9 Å². The standard InChI is InChI=1S/C19H18N6O2/c1-22-14-6-7-16-15(10-14)23-19(25(16)9-8-17(21)26)24-18(27)13-4-2-12(11-20)3-5-13/h2-7,10,22H,8-9H2,1H3,(H2,21,26)(H,23,24,27). The molecule has 0 fully saturated rings. The van der Waals surface area contributed by atoms with Crippen LogP contribution in [0.25, 0.3) is 11.0 Å². The molecule has 0 aliphatic carbocycles. The molecule has 8 nitrogen and oxygen atoms in total. The number of benzene rings is 2. The molecule has 4 N–H and O–H groups in total. The molecule has 0 aliphatic rings. The van der Waals surface area contributed by atoms with E-state index in [0.29, 0.717) is 29.1 Å². The van der Waals surface area contributed by atoms with E-state index >= 15 is 0 Å². The lowest BCUT2D eigenvalue weighted by Gasteiger charge is -2.09. The summed E-state index contributed by atoms with van der Waals surface area (Å²) in [6.07, 6.45) is 0.124. The lowest BCUT2D eigenvalue weighted by molar-refractivity contribution is -0.118. The topological polar surface area (TPSA) is 126 Å². The zero-order valence-corrected chi connectivity index (χ0v) is 14.7. The zero-order valence-electron chi connectivity index (χ0n) is 14.7. The normalized spacial score (nSPS) is 10.4. The van der Waals surface area contributed by atoms with E-state index in [-0.39, 0.29) is 12.3 Å². The van der Waals surface area contributed by atoms with E-state index in [9.17, 15) is 9.59 Å². The van der Waals surface area contributed by atoms with Crippen molar-refractivity contribution >= 4 is 34.5 Å². The maximum Gasteiger partial charge on any atom is 0.257 e. The third-order valence-electron chi connectivity index (χ3n) is 4.12. The van der Waals surface area contributed by atoms with Crippen LogP contribution in [0.1, 0.15) is 22.3 Å². The number of hydrogen-bond acceptors (Lipinski definition) is 5. The summed E-state index contributed by atoms with van der Waals surface area (Å²) in [5.41, 5.74) is 8.49. The molecule has 1 aromatic heterocycles. The number of nitrogens with zero attached hydrogens (tertiary/aromatic N) is 3. The maximum atomic E-state index is 12.6. The Balaban J connectivity index is 1.95. The number of carbonyl (C=O) groups excluding carboxylic acids is 2. The number of fused-ring (bicyclic) bond motifs is 1. The first-order chi connectivity index (χ1) is 13.0. The molecule has 0 aliphatic heterocycles. The summed E-state index contributed by atoms with van der Waals surface area (Å²) in [5.74, 6) is -0.467. The predicted octanol–water partition coefficient (Wildman–Crippen LogP) is 2.08. The van der Waals surface area contributed by atoms with E-state index in [1.807, 2.05) is 24.3 Å². The molecule has 27 heavy (non-hydrogen) atoms. The Morgan fingerprint density at radius 2 is 1.96 bits per heavy atom. The fourth-order valence-corrected chi connectivity index (χ4v) is 2.70. The van der Waals surface area contributed by atoms with Gasteiger partial charge in [0.05, 0.1) is 22.7 Å². The van der Waals surface area contributed by atoms with E-state index in [4.69, 9.17) is 11.0 Å². The van der Waals surface area contributed by atoms with Gasteiger partial charge in [-0.1, -0.05) is 0 Å². The Hall–Kier alpha value is -3.86. The van der Waals surface area contributed by atoms with Gasteiger partial charge in [0.15, 0.2) is 0 Å². The van der Waals surface area contributed by atoms with Crippen LogP contribution in [0.4, 0.5) is 11.6 Å². The SMILES string of the molecule is CNc1ccc2c(c1)nc(NC(=O)c1ccc(C#N)cc1)n2CCC(N)=O. The first-order valence-corrected chi connectivity index (χ1v) is 8.29. The number of aromatic nitrogens is 2. The summed E-state index contributed by atoms with van der Waals surface area (Å²) in [6, 6.07) is 13.9. The van der Waals surface area contributed by atoms with Gasteiger partial charge in [0, 0.05) is 31.3 Å². The molecule has 0 saturated carbocycles. The number of rotatable bonds is 6. The molecule has 0 spiro atoms. The second-order valence-corrected chi connectivity index (χ2v) is 5.90. The van der Waals surface area contributed by atoms with Gasteiger partial charge in [-0.2, -0.15) is 5.26 Å². The molecular weight excluding hydrogens is 344 g/mol. The number of nitriles is 1. The second-order valence-electron chi connectivity index (χ2n) is 5.90. The fraction of sp³-hybridized carbons (Fsp3) is 0.158. The Bertz CT molecular complexity index is 1050. The molecule has 0 bridgehead atoms. The van der Waals surface area contributed by atoms with Gasteiger partial charge in [-0.05, 0) is 42.5 Å². The summed E-state index contributed by atoms with van der Waals surface area (Å²) in [5, 5.41) is 14.7. The van der Waals surface area contributed by atoms with Gasteiger partial charge in [-0.3, -0.25) is 14.9 Å². The fourth-order valence-electron chi connectivity index (χ4n) is 2.70. The highest BCUT2D eigenvalue weighted by molar-refractivity contribution is 6.04. The van der Waals surface area contributed by atoms with Crippen molar-refractivity contribution in [3.63, 3.8) is 0 Å². The molecule has 2 aromatic carbocycles. The van der Waals surface area contributed by atoms with Crippen molar-refractivity contribution < 1.29 is 9.59 Å². The molecule has 8 heteroatoms. The number of primary amides is 1. The summed E-state index contributed by atoms with van der Waals surface area (Å²) < 4.78 is 1.75. The predicted molar refractivity (Wildman–Crippen MR) is 102 cm³/mol. The molecule has 3 rings (SSSR count). The first-order valence-electron chi connectivity index (χ1n) is 8.29. The van der Waals surface area contributed by atoms with E-state index < -0.39 is 5.91 Å². The Morgan fingerprint density at radius 1 is 1.22 bits per heavy atom. The molecule has 2 amide bonds. The number of aryl methyl sites for hydroxylation is 1. The highest BCUT2D eigenvalue weighted by atomic mass is 16.2. The highest BCUT2D eigenvalue weighted by Gasteiger charge is 2.15. The quantitative estimate of drug-likeness (QED) is 0.619. The average Bonchev–Trinajstić information content (AvgIpc) is 3.02. The van der Waals surface area contributed by atoms with Crippen LogP contribution in [-0.4, -0.2) is 28.4 Å². The van der Waals surface area contributed by atoms with Crippen LogP contribution in [0.15, 0.2) is 42.5 Å². The third kappa shape index (κ3) is 3.88. The zero-order chi connectivity index (χ0) is 19.4. The maximum absolute atomic E-state index is 12.6. The number of amides is 2. The van der Waals surface area contributed by atoms with E-state index in [1.54, 1.807) is 35.9 Å². The minimum Gasteiger partial charge on any atom is -0.388 e. The Labute approximate surface area is 155 Å². The van der Waals surface area contributed by atoms with Crippen molar-refractivity contribution in [1.82, 2.24) is 9.55 Å². The molecule has 0 unspecified atom stereocenters. The van der Waals surface area contributed by atoms with Gasteiger partial charge in [-0.15, -0.1) is 0 Å². The molecule has 1 heterocycles. The number of anilines is 2. The van der Waals surface area contributed by atoms with Crippen LogP contribution in [-0.2, 0) is 11.3 Å². The summed E-state index contributed by atoms with van der Waals surface area (Å²) in [4.78, 5) is 28.2. The molecule has 0 atom stereocenters. The molecule has 136 valence electrons. The van der Waals surface area contributed by atoms with Crippen molar-refractivity contribution in [2.75, 3.05) is 17.7 Å². The number of carbonyl (C=O) groups is 2. The second kappa shape index (κ2) is 7.58. The number of nitrogens with two attached hydrogens (primary N) is 1. The van der Waals surface area contributed by atoms with Gasteiger partial charge < -0.3 is 15.6 Å². The summed E-state index contributed by atoms with van der Waals surface area (Å²) in [7, 11) is 1.80. The molecule has 0 saturated heterocycles. The smallest absolute Gasteiger partial charge is 0.257 e. The highest BCUT2D eigenvalue weighted by Crippen LogP contribution is 2.24. The lowest BCUT2D eigenvalue weighted by Crippen LogP contribution is -2.18. The van der Waals surface area contributed by atoms with Crippen molar-refractivity contribution in [2.24, 2.45) is 5.73 Å². The van der Waals surface area contributed by atoms with Crippen molar-refractivity contribution in [3.8, 4) is 6.07 Å². The number of nitrogens with one attached hydrogen (secondary N) is 2. The monoisotopic (exact) mass is 362 g/mol. The van der Waals surface area contributed by atoms with E-state index in [1.165, 1.54) is 0 Å². The average molecular weight is 362 g/mol. The lowest BCUT2D eigenvalue weighted by atomic mass is 10.1. The Kier molecular flexibility index (Phi) is 5.04. The minimum absolute atomic E-state index is 0.124. The molecular formula is C19H18N6O2. The number of hydrogen-bond donors (Lipinski definition) is 3. The largest absolute Gasteiger partial charge is 0.388 e. The first kappa shape index (κ1) is 17.9. The van der Waals surface area contributed by atoms with Gasteiger partial charge >= 0.3 is 0 Å². The van der Waals surface area contributed by atoms with Crippen molar-refractivity contribution in [1.29, 1.82) is 5.26 Å². The van der Waals surface area contributed by atoms with Crippen LogP contribution < -0.4 is 16.4 Å². The number of imidazole rings is 1.